The molecule has 0 amide bonds. The van der Waals surface area contributed by atoms with Crippen LogP contribution in [-0.4, -0.2) is 46.4 Å². The summed E-state index contributed by atoms with van der Waals surface area (Å²) in [6.45, 7) is 0.886. The van der Waals surface area contributed by atoms with Gasteiger partial charge in [0.2, 0.25) is 0 Å². The Bertz CT molecular complexity index is 1960. The molecule has 5 rings (SSSR count). The summed E-state index contributed by atoms with van der Waals surface area (Å²) in [4.78, 5) is 0.520. The normalized spacial score (nSPS) is 12.2. The molecule has 0 saturated carbocycles. The van der Waals surface area contributed by atoms with Crippen LogP contribution in [0.15, 0.2) is 95.9 Å². The van der Waals surface area contributed by atoms with E-state index in [0.717, 1.165) is 27.5 Å². The Balaban J connectivity index is 1.60. The molecule has 5 aromatic rings. The maximum atomic E-state index is 14.5. The van der Waals surface area contributed by atoms with Gasteiger partial charge in [-0.25, -0.2) is 8.93 Å². The summed E-state index contributed by atoms with van der Waals surface area (Å²) in [5.74, 6) is 2.49. The van der Waals surface area contributed by atoms with Crippen molar-refractivity contribution in [3.05, 3.63) is 119 Å². The van der Waals surface area contributed by atoms with E-state index < -0.39 is 17.0 Å². The third-order valence-electron chi connectivity index (χ3n) is 8.30. The molecule has 49 heavy (non-hydrogen) atoms. The van der Waals surface area contributed by atoms with Gasteiger partial charge in [0, 0.05) is 17.5 Å². The van der Waals surface area contributed by atoms with E-state index in [1.165, 1.54) is 7.11 Å². The molecule has 0 aliphatic heterocycles. The summed E-state index contributed by atoms with van der Waals surface area (Å²) in [6, 6.07) is 30.5. The maximum Gasteiger partial charge on any atom is 0.162 e. The molecule has 0 saturated heterocycles. The SMILES string of the molecule is COc1cc(C#N)c(C[C@H](NS(=O)c2c(OC)ccc3ccccc23)c2cc(OC)c(OC)cc2CCOCc2ccccc2)cc1OC. The largest absolute Gasteiger partial charge is 0.495 e. The van der Waals surface area contributed by atoms with Crippen LogP contribution in [0, 0.1) is 11.3 Å². The van der Waals surface area contributed by atoms with Crippen LogP contribution in [0.3, 0.4) is 0 Å². The number of benzene rings is 5. The molecule has 0 radical (unpaired) electrons. The lowest BCUT2D eigenvalue weighted by atomic mass is 9.91. The van der Waals surface area contributed by atoms with Crippen molar-refractivity contribution in [2.24, 2.45) is 0 Å². The Morgan fingerprint density at radius 3 is 2.00 bits per heavy atom. The molecule has 9 nitrogen and oxygen atoms in total. The first-order valence-electron chi connectivity index (χ1n) is 15.7. The lowest BCUT2D eigenvalue weighted by Crippen LogP contribution is -2.27. The third kappa shape index (κ3) is 8.15. The minimum absolute atomic E-state index is 0.273. The summed E-state index contributed by atoms with van der Waals surface area (Å²) in [5, 5.41) is 11.9. The van der Waals surface area contributed by atoms with Crippen LogP contribution >= 0.6 is 0 Å². The van der Waals surface area contributed by atoms with Gasteiger partial charge in [-0.15, -0.1) is 0 Å². The van der Waals surface area contributed by atoms with Gasteiger partial charge in [0.05, 0.1) is 60.4 Å². The van der Waals surface area contributed by atoms with Gasteiger partial charge in [0.1, 0.15) is 21.6 Å². The molecule has 1 unspecified atom stereocenters. The average molecular weight is 681 g/mol. The molecule has 5 aromatic carbocycles. The first-order valence-corrected chi connectivity index (χ1v) is 16.8. The quantitative estimate of drug-likeness (QED) is 0.110. The third-order valence-corrected chi connectivity index (χ3v) is 9.59. The van der Waals surface area contributed by atoms with Crippen LogP contribution in [0.4, 0.5) is 0 Å². The highest BCUT2D eigenvalue weighted by atomic mass is 32.2. The smallest absolute Gasteiger partial charge is 0.162 e. The fourth-order valence-corrected chi connectivity index (χ4v) is 7.12. The number of hydrogen-bond acceptors (Lipinski definition) is 8. The summed E-state index contributed by atoms with van der Waals surface area (Å²) in [7, 11) is 6.04. The Hall–Kier alpha value is -5.08. The maximum absolute atomic E-state index is 14.5. The second-order valence-corrected chi connectivity index (χ2v) is 12.3. The molecule has 0 spiro atoms. The predicted octanol–water partition coefficient (Wildman–Crippen LogP) is 7.11. The molecule has 254 valence electrons. The summed E-state index contributed by atoms with van der Waals surface area (Å²) >= 11 is 0. The molecule has 0 aliphatic carbocycles. The number of nitriles is 1. The minimum atomic E-state index is -1.77. The fourth-order valence-electron chi connectivity index (χ4n) is 5.82. The number of nitrogens with zero attached hydrogens (tertiary/aromatic N) is 1. The number of ether oxygens (including phenoxy) is 6. The monoisotopic (exact) mass is 680 g/mol. The van der Waals surface area contributed by atoms with Crippen molar-refractivity contribution in [1.29, 1.82) is 5.26 Å². The zero-order chi connectivity index (χ0) is 34.8. The second-order valence-electron chi connectivity index (χ2n) is 11.1. The molecule has 0 bridgehead atoms. The molecule has 1 N–H and O–H groups in total. The molecular weight excluding hydrogens is 641 g/mol. The van der Waals surface area contributed by atoms with Crippen molar-refractivity contribution >= 4 is 21.8 Å². The number of methoxy groups -OCH3 is 5. The highest BCUT2D eigenvalue weighted by molar-refractivity contribution is 7.83. The van der Waals surface area contributed by atoms with E-state index in [-0.39, 0.29) is 6.42 Å². The molecular formula is C39H40N2O7S. The van der Waals surface area contributed by atoms with Crippen molar-refractivity contribution in [2.75, 3.05) is 42.2 Å². The zero-order valence-corrected chi connectivity index (χ0v) is 29.1. The van der Waals surface area contributed by atoms with E-state index in [4.69, 9.17) is 28.4 Å². The minimum Gasteiger partial charge on any atom is -0.495 e. The standard InChI is InChI=1S/C39H40N2O7S/c1-43-34-16-15-27-13-9-10-14-31(27)39(34)49(42)41-33(19-29-21-36(45-3)37(46-4)22-30(29)24-40)32-23-38(47-5)35(44-2)20-28(32)17-18-48-25-26-11-7-6-8-12-26/h6-16,20-23,33,41H,17-19,25H2,1-5H3/t33-,49?/m0/s1. The van der Waals surface area contributed by atoms with Gasteiger partial charge in [-0.2, -0.15) is 5.26 Å². The van der Waals surface area contributed by atoms with E-state index in [1.54, 1.807) is 40.6 Å². The lowest BCUT2D eigenvalue weighted by Gasteiger charge is -2.25. The van der Waals surface area contributed by atoms with E-state index in [1.807, 2.05) is 78.9 Å². The molecule has 0 aliphatic rings. The number of rotatable bonds is 16. The molecule has 0 aromatic heterocycles. The average Bonchev–Trinajstić information content (AvgIpc) is 3.15. The Morgan fingerprint density at radius 2 is 1.33 bits per heavy atom. The van der Waals surface area contributed by atoms with Crippen molar-refractivity contribution in [3.63, 3.8) is 0 Å². The van der Waals surface area contributed by atoms with Gasteiger partial charge >= 0.3 is 0 Å². The summed E-state index contributed by atoms with van der Waals surface area (Å²) < 4.78 is 52.2. The Morgan fingerprint density at radius 1 is 0.714 bits per heavy atom. The number of nitrogens with one attached hydrogen (secondary N) is 1. The van der Waals surface area contributed by atoms with Crippen LogP contribution in [0.1, 0.15) is 33.9 Å². The Kier molecular flexibility index (Phi) is 12.1. The van der Waals surface area contributed by atoms with E-state index in [0.29, 0.717) is 64.4 Å². The molecule has 0 fully saturated rings. The van der Waals surface area contributed by atoms with Gasteiger partial charge in [0.25, 0.3) is 0 Å². The Labute approximate surface area is 289 Å². The van der Waals surface area contributed by atoms with Gasteiger partial charge < -0.3 is 28.4 Å². The number of hydrogen-bond donors (Lipinski definition) is 1. The fraction of sp³-hybridized carbons (Fsp3) is 0.256. The molecule has 0 heterocycles. The van der Waals surface area contributed by atoms with Gasteiger partial charge in [-0.3, -0.25) is 0 Å². The molecule has 2 atom stereocenters. The highest BCUT2D eigenvalue weighted by Gasteiger charge is 2.26. The zero-order valence-electron chi connectivity index (χ0n) is 28.3. The van der Waals surface area contributed by atoms with E-state index in [2.05, 4.69) is 10.8 Å². The first kappa shape index (κ1) is 35.2. The molecule has 10 heteroatoms. The van der Waals surface area contributed by atoms with Gasteiger partial charge in [-0.05, 0) is 64.7 Å². The first-order chi connectivity index (χ1) is 23.9. The summed E-state index contributed by atoms with van der Waals surface area (Å²) in [6.07, 6.45) is 0.803. The predicted molar refractivity (Wildman–Crippen MR) is 190 cm³/mol. The second kappa shape index (κ2) is 16.8. The van der Waals surface area contributed by atoms with Crippen LogP contribution in [0.25, 0.3) is 10.8 Å². The van der Waals surface area contributed by atoms with E-state index >= 15 is 0 Å². The van der Waals surface area contributed by atoms with Gasteiger partial charge in [-0.1, -0.05) is 60.7 Å². The van der Waals surface area contributed by atoms with Crippen LogP contribution in [0.2, 0.25) is 0 Å². The van der Waals surface area contributed by atoms with Crippen LogP contribution in [-0.2, 0) is 35.2 Å². The van der Waals surface area contributed by atoms with Crippen molar-refractivity contribution in [1.82, 2.24) is 4.72 Å². The van der Waals surface area contributed by atoms with Crippen molar-refractivity contribution in [2.45, 2.75) is 30.4 Å². The lowest BCUT2D eigenvalue weighted by molar-refractivity contribution is 0.123. The topological polar surface area (TPSA) is 108 Å². The highest BCUT2D eigenvalue weighted by Crippen LogP contribution is 2.38. The van der Waals surface area contributed by atoms with Crippen molar-refractivity contribution in [3.8, 4) is 34.8 Å². The van der Waals surface area contributed by atoms with Crippen LogP contribution in [0.5, 0.6) is 28.7 Å². The summed E-state index contributed by atoms with van der Waals surface area (Å²) in [5.41, 5.74) is 3.88. The van der Waals surface area contributed by atoms with E-state index in [9.17, 15) is 9.47 Å². The van der Waals surface area contributed by atoms with Crippen molar-refractivity contribution < 1.29 is 32.6 Å². The number of fused-ring (bicyclic) bond motifs is 1. The van der Waals surface area contributed by atoms with Gasteiger partial charge in [0.15, 0.2) is 23.0 Å². The van der Waals surface area contributed by atoms with Crippen LogP contribution < -0.4 is 28.4 Å².